The average Bonchev–Trinajstić information content (AvgIpc) is 2.97. The molecule has 0 nitrogen and oxygen atoms in total. The first-order valence-electron chi connectivity index (χ1n) is 10.4. The highest BCUT2D eigenvalue weighted by Gasteiger charge is 2.38. The molecule has 0 spiro atoms. The lowest BCUT2D eigenvalue weighted by Crippen LogP contribution is -2.24. The van der Waals surface area contributed by atoms with Crippen molar-refractivity contribution in [3.8, 4) is 0 Å². The van der Waals surface area contributed by atoms with Gasteiger partial charge < -0.3 is 0 Å². The Morgan fingerprint density at radius 1 is 1.23 bits per heavy atom. The van der Waals surface area contributed by atoms with Crippen LogP contribution in [0.1, 0.15) is 70.4 Å². The highest BCUT2D eigenvalue weighted by Crippen LogP contribution is 2.49. The van der Waals surface area contributed by atoms with Gasteiger partial charge in [-0.05, 0) is 73.8 Å². The molecule has 1 aliphatic rings. The first-order chi connectivity index (χ1) is 12.4. The highest BCUT2D eigenvalue weighted by molar-refractivity contribution is 5.27. The van der Waals surface area contributed by atoms with Crippen LogP contribution in [-0.2, 0) is 12.8 Å². The molecule has 0 bridgehead atoms. The van der Waals surface area contributed by atoms with Gasteiger partial charge in [0.05, 0.1) is 0 Å². The van der Waals surface area contributed by atoms with Gasteiger partial charge in [-0.3, -0.25) is 0 Å². The van der Waals surface area contributed by atoms with Crippen LogP contribution in [0, 0.1) is 17.3 Å². The Morgan fingerprint density at radius 2 is 1.88 bits per heavy atom. The fraction of sp³-hybridized carbons (Fsp3) is 0.538. The van der Waals surface area contributed by atoms with Gasteiger partial charge in [0.1, 0.15) is 0 Å². The lowest BCUT2D eigenvalue weighted by Gasteiger charge is -2.34. The summed E-state index contributed by atoms with van der Waals surface area (Å²) in [7, 11) is 0. The molecular weight excluding hydrogens is 312 g/mol. The van der Waals surface area contributed by atoms with Crippen LogP contribution < -0.4 is 0 Å². The minimum atomic E-state index is 0.528. The molecule has 142 valence electrons. The lowest BCUT2D eigenvalue weighted by atomic mass is 9.71. The predicted molar refractivity (Wildman–Crippen MR) is 116 cm³/mol. The summed E-state index contributed by atoms with van der Waals surface area (Å²) < 4.78 is 0. The van der Waals surface area contributed by atoms with Gasteiger partial charge in [-0.15, -0.1) is 13.2 Å². The van der Waals surface area contributed by atoms with E-state index in [1.54, 1.807) is 0 Å². The lowest BCUT2D eigenvalue weighted by molar-refractivity contribution is 0.189. The maximum Gasteiger partial charge on any atom is -0.00669 e. The fourth-order valence-electron chi connectivity index (χ4n) is 4.70. The molecule has 2 rings (SSSR count). The van der Waals surface area contributed by atoms with E-state index < -0.39 is 0 Å². The van der Waals surface area contributed by atoms with Crippen molar-refractivity contribution < 1.29 is 0 Å². The van der Waals surface area contributed by atoms with E-state index in [-0.39, 0.29) is 0 Å². The number of allylic oxidation sites excluding steroid dienone is 3. The third-order valence-electron chi connectivity index (χ3n) is 6.67. The molecule has 3 unspecified atom stereocenters. The minimum absolute atomic E-state index is 0.528. The molecular formula is C26H38. The monoisotopic (exact) mass is 350 g/mol. The second kappa shape index (κ2) is 9.40. The summed E-state index contributed by atoms with van der Waals surface area (Å²) in [6, 6.07) is 8.97. The predicted octanol–water partition coefficient (Wildman–Crippen LogP) is 7.70. The molecule has 0 heterocycles. The molecule has 1 saturated carbocycles. The molecule has 0 aromatic heterocycles. The van der Waals surface area contributed by atoms with Crippen molar-refractivity contribution >= 4 is 0 Å². The standard InChI is InChI=1S/C26H38/c1-7-10-22-12-14-23(15-13-22)18-21(5)24(17-20(3)4)19-25-11-9-16-26(25,6)8-2/h7,12-15,24-25H,1,3,5,8-11,16-19H2,2,4,6H3. The average molecular weight is 351 g/mol. The molecule has 1 fully saturated rings. The molecule has 0 heteroatoms. The molecule has 0 amide bonds. The third-order valence-corrected chi connectivity index (χ3v) is 6.67. The molecule has 3 atom stereocenters. The van der Waals surface area contributed by atoms with E-state index in [9.17, 15) is 0 Å². The number of benzene rings is 1. The summed E-state index contributed by atoms with van der Waals surface area (Å²) >= 11 is 0. The van der Waals surface area contributed by atoms with Gasteiger partial charge in [0, 0.05) is 0 Å². The molecule has 0 radical (unpaired) electrons. The summed E-state index contributed by atoms with van der Waals surface area (Å²) in [5, 5.41) is 0. The smallest absolute Gasteiger partial charge is 0.00669 e. The van der Waals surface area contributed by atoms with E-state index in [1.165, 1.54) is 54.4 Å². The normalized spacial score (nSPS) is 23.6. The van der Waals surface area contributed by atoms with Crippen LogP contribution in [0.5, 0.6) is 0 Å². The van der Waals surface area contributed by atoms with Crippen molar-refractivity contribution in [1.29, 1.82) is 0 Å². The Bertz CT molecular complexity index is 618. The maximum atomic E-state index is 4.52. The van der Waals surface area contributed by atoms with Gasteiger partial charge >= 0.3 is 0 Å². The molecule has 0 N–H and O–H groups in total. The zero-order valence-electron chi connectivity index (χ0n) is 17.3. The van der Waals surface area contributed by atoms with Crippen LogP contribution in [0.25, 0.3) is 0 Å². The van der Waals surface area contributed by atoms with Crippen LogP contribution >= 0.6 is 0 Å². The van der Waals surface area contributed by atoms with Crippen molar-refractivity contribution in [2.45, 2.75) is 72.1 Å². The highest BCUT2D eigenvalue weighted by atomic mass is 14.4. The van der Waals surface area contributed by atoms with Gasteiger partial charge in [0.25, 0.3) is 0 Å². The Morgan fingerprint density at radius 3 is 2.46 bits per heavy atom. The van der Waals surface area contributed by atoms with Gasteiger partial charge in [-0.1, -0.05) is 74.8 Å². The van der Waals surface area contributed by atoms with Crippen molar-refractivity contribution in [2.24, 2.45) is 17.3 Å². The summed E-state index contributed by atoms with van der Waals surface area (Å²) in [4.78, 5) is 0. The molecule has 0 aliphatic heterocycles. The number of rotatable bonds is 10. The van der Waals surface area contributed by atoms with Crippen molar-refractivity contribution in [3.63, 3.8) is 0 Å². The Labute approximate surface area is 162 Å². The zero-order valence-corrected chi connectivity index (χ0v) is 17.3. The van der Waals surface area contributed by atoms with E-state index >= 15 is 0 Å². The second-order valence-corrected chi connectivity index (χ2v) is 8.83. The van der Waals surface area contributed by atoms with E-state index in [4.69, 9.17) is 0 Å². The van der Waals surface area contributed by atoms with Crippen molar-refractivity contribution in [3.05, 3.63) is 72.4 Å². The third kappa shape index (κ3) is 5.47. The van der Waals surface area contributed by atoms with Crippen LogP contribution in [0.2, 0.25) is 0 Å². The Kier molecular flexibility index (Phi) is 7.50. The minimum Gasteiger partial charge on any atom is -0.103 e. The molecule has 0 saturated heterocycles. The fourth-order valence-corrected chi connectivity index (χ4v) is 4.70. The van der Waals surface area contributed by atoms with Gasteiger partial charge in [-0.25, -0.2) is 0 Å². The number of hydrogen-bond acceptors (Lipinski definition) is 0. The van der Waals surface area contributed by atoms with Crippen LogP contribution in [0.15, 0.2) is 61.2 Å². The first-order valence-corrected chi connectivity index (χ1v) is 10.4. The van der Waals surface area contributed by atoms with Crippen LogP contribution in [0.3, 0.4) is 0 Å². The van der Waals surface area contributed by atoms with E-state index in [0.717, 1.165) is 25.2 Å². The summed E-state index contributed by atoms with van der Waals surface area (Å²) in [6.07, 6.45) is 11.7. The largest absolute Gasteiger partial charge is 0.103 e. The van der Waals surface area contributed by atoms with Crippen molar-refractivity contribution in [2.75, 3.05) is 0 Å². The quantitative estimate of drug-likeness (QED) is 0.379. The van der Waals surface area contributed by atoms with E-state index in [2.05, 4.69) is 64.8 Å². The van der Waals surface area contributed by atoms with E-state index in [1.807, 2.05) is 6.08 Å². The molecule has 1 aromatic carbocycles. The Balaban J connectivity index is 2.06. The first kappa shape index (κ1) is 20.7. The summed E-state index contributed by atoms with van der Waals surface area (Å²) in [5.41, 5.74) is 5.90. The molecule has 26 heavy (non-hydrogen) atoms. The van der Waals surface area contributed by atoms with Crippen LogP contribution in [-0.4, -0.2) is 0 Å². The molecule has 1 aromatic rings. The zero-order chi connectivity index (χ0) is 19.2. The second-order valence-electron chi connectivity index (χ2n) is 8.83. The van der Waals surface area contributed by atoms with Gasteiger partial charge in [0.2, 0.25) is 0 Å². The Hall–Kier alpha value is -1.56. The summed E-state index contributed by atoms with van der Waals surface area (Å²) in [5.74, 6) is 1.40. The van der Waals surface area contributed by atoms with Crippen LogP contribution in [0.4, 0.5) is 0 Å². The van der Waals surface area contributed by atoms with Crippen molar-refractivity contribution in [1.82, 2.24) is 0 Å². The SMILES string of the molecule is C=CCc1ccc(CC(=C)C(CC(=C)C)CC2CCCC2(C)CC)cc1. The summed E-state index contributed by atoms with van der Waals surface area (Å²) in [6.45, 7) is 19.6. The number of hydrogen-bond donors (Lipinski definition) is 0. The van der Waals surface area contributed by atoms with Gasteiger partial charge in [0.15, 0.2) is 0 Å². The van der Waals surface area contributed by atoms with E-state index in [0.29, 0.717) is 11.3 Å². The van der Waals surface area contributed by atoms with Gasteiger partial charge in [-0.2, -0.15) is 0 Å². The maximum absolute atomic E-state index is 4.52. The molecule has 1 aliphatic carbocycles. The topological polar surface area (TPSA) is 0 Å².